The molecule has 0 aliphatic heterocycles. The Morgan fingerprint density at radius 2 is 1.47 bits per heavy atom. The minimum atomic E-state index is -5.09. The SMILES string of the molecule is O=S(=O)(O)c1cc(O)c(O)c(S(=O)(=O)O)c1Cl. The lowest BCUT2D eigenvalue weighted by Crippen LogP contribution is -2.05. The molecule has 0 fully saturated rings. The molecule has 96 valence electrons. The number of phenolic OH excluding ortho intramolecular Hbond substituents is 2. The van der Waals surface area contributed by atoms with Gasteiger partial charge in [-0.15, -0.1) is 0 Å². The molecule has 0 spiro atoms. The zero-order chi connectivity index (χ0) is 13.6. The van der Waals surface area contributed by atoms with Gasteiger partial charge in [0.1, 0.15) is 4.90 Å². The van der Waals surface area contributed by atoms with Gasteiger partial charge in [-0.25, -0.2) is 0 Å². The summed E-state index contributed by atoms with van der Waals surface area (Å²) in [7, 11) is -10.0. The van der Waals surface area contributed by atoms with Crippen molar-refractivity contribution in [2.24, 2.45) is 0 Å². The molecule has 1 aromatic rings. The molecule has 0 heterocycles. The molecule has 11 heteroatoms. The average molecular weight is 305 g/mol. The fourth-order valence-corrected chi connectivity index (χ4v) is 3.08. The van der Waals surface area contributed by atoms with Crippen LogP contribution in [0, 0.1) is 0 Å². The molecule has 4 N–H and O–H groups in total. The van der Waals surface area contributed by atoms with Gasteiger partial charge in [0, 0.05) is 6.07 Å². The monoisotopic (exact) mass is 304 g/mol. The van der Waals surface area contributed by atoms with Gasteiger partial charge in [-0.3, -0.25) is 9.11 Å². The molecule has 0 aromatic heterocycles. The van der Waals surface area contributed by atoms with Crippen molar-refractivity contribution < 1.29 is 36.2 Å². The van der Waals surface area contributed by atoms with Crippen LogP contribution in [0.4, 0.5) is 0 Å². The van der Waals surface area contributed by atoms with Crippen LogP contribution in [0.25, 0.3) is 0 Å². The predicted octanol–water partition coefficient (Wildman–Crippen LogP) is 0.245. The molecule has 1 aromatic carbocycles. The predicted molar refractivity (Wildman–Crippen MR) is 54.4 cm³/mol. The largest absolute Gasteiger partial charge is 0.504 e. The second kappa shape index (κ2) is 3.99. The first-order valence-corrected chi connectivity index (χ1v) is 6.91. The van der Waals surface area contributed by atoms with E-state index in [0.717, 1.165) is 0 Å². The number of benzene rings is 1. The van der Waals surface area contributed by atoms with E-state index in [1.165, 1.54) is 0 Å². The fourth-order valence-electron chi connectivity index (χ4n) is 1.01. The van der Waals surface area contributed by atoms with Gasteiger partial charge >= 0.3 is 0 Å². The van der Waals surface area contributed by atoms with E-state index in [1.807, 2.05) is 0 Å². The number of halogens is 1. The van der Waals surface area contributed by atoms with Crippen molar-refractivity contribution in [3.8, 4) is 11.5 Å². The lowest BCUT2D eigenvalue weighted by atomic mass is 10.3. The highest BCUT2D eigenvalue weighted by molar-refractivity contribution is 7.87. The van der Waals surface area contributed by atoms with E-state index in [0.29, 0.717) is 6.07 Å². The summed E-state index contributed by atoms with van der Waals surface area (Å²) in [5, 5.41) is 17.1. The van der Waals surface area contributed by atoms with Crippen LogP contribution in [0.5, 0.6) is 11.5 Å². The minimum absolute atomic E-state index is 0.335. The molecule has 0 aliphatic rings. The third-order valence-corrected chi connectivity index (χ3v) is 4.08. The number of aromatic hydroxyl groups is 2. The molecule has 0 bridgehead atoms. The summed E-state index contributed by atoms with van der Waals surface area (Å²) >= 11 is 5.31. The van der Waals surface area contributed by atoms with E-state index in [1.54, 1.807) is 0 Å². The van der Waals surface area contributed by atoms with Crippen LogP contribution in [0.2, 0.25) is 5.02 Å². The van der Waals surface area contributed by atoms with E-state index >= 15 is 0 Å². The Kier molecular flexibility index (Phi) is 3.29. The second-order valence-corrected chi connectivity index (χ2v) is 5.96. The average Bonchev–Trinajstić information content (AvgIpc) is 2.07. The van der Waals surface area contributed by atoms with Crippen LogP contribution in [0.15, 0.2) is 15.9 Å². The second-order valence-electron chi connectivity index (χ2n) is 2.84. The van der Waals surface area contributed by atoms with Gasteiger partial charge < -0.3 is 10.2 Å². The van der Waals surface area contributed by atoms with Gasteiger partial charge in [0.05, 0.1) is 5.02 Å². The molecule has 0 saturated carbocycles. The van der Waals surface area contributed by atoms with Crippen molar-refractivity contribution in [3.63, 3.8) is 0 Å². The summed E-state index contributed by atoms with van der Waals surface area (Å²) in [5.41, 5.74) is 0. The van der Waals surface area contributed by atoms with Crippen LogP contribution in [0.3, 0.4) is 0 Å². The van der Waals surface area contributed by atoms with E-state index in [2.05, 4.69) is 0 Å². The Hall–Kier alpha value is -1.07. The Bertz CT molecular complexity index is 674. The van der Waals surface area contributed by atoms with Gasteiger partial charge in [-0.1, -0.05) is 11.6 Å². The highest BCUT2D eigenvalue weighted by Crippen LogP contribution is 2.41. The van der Waals surface area contributed by atoms with Gasteiger partial charge in [-0.2, -0.15) is 16.8 Å². The molecular formula is C6H5ClO8S2. The highest BCUT2D eigenvalue weighted by Gasteiger charge is 2.29. The fraction of sp³-hybridized carbons (Fsp3) is 0. The first-order valence-electron chi connectivity index (χ1n) is 3.65. The van der Waals surface area contributed by atoms with Gasteiger partial charge in [0.2, 0.25) is 0 Å². The molecule has 17 heavy (non-hydrogen) atoms. The summed E-state index contributed by atoms with van der Waals surface area (Å²) in [4.78, 5) is -2.58. The summed E-state index contributed by atoms with van der Waals surface area (Å²) in [6.07, 6.45) is 0. The Morgan fingerprint density at radius 3 is 1.82 bits per heavy atom. The quantitative estimate of drug-likeness (QED) is 0.448. The van der Waals surface area contributed by atoms with E-state index in [4.69, 9.17) is 30.9 Å². The van der Waals surface area contributed by atoms with Crippen molar-refractivity contribution in [1.29, 1.82) is 0 Å². The summed E-state index contributed by atoms with van der Waals surface area (Å²) in [6.45, 7) is 0. The summed E-state index contributed by atoms with van der Waals surface area (Å²) in [5.74, 6) is -2.51. The number of rotatable bonds is 2. The van der Waals surface area contributed by atoms with Gasteiger partial charge in [0.25, 0.3) is 20.2 Å². The molecule has 8 nitrogen and oxygen atoms in total. The Morgan fingerprint density at radius 1 is 1.00 bits per heavy atom. The number of hydrogen-bond donors (Lipinski definition) is 4. The molecule has 0 radical (unpaired) electrons. The topological polar surface area (TPSA) is 149 Å². The lowest BCUT2D eigenvalue weighted by molar-refractivity contribution is 0.386. The maximum Gasteiger partial charge on any atom is 0.299 e. The van der Waals surface area contributed by atoms with E-state index in [-0.39, 0.29) is 0 Å². The van der Waals surface area contributed by atoms with Crippen LogP contribution in [-0.4, -0.2) is 36.2 Å². The van der Waals surface area contributed by atoms with Crippen LogP contribution in [-0.2, 0) is 20.2 Å². The molecule has 1 rings (SSSR count). The van der Waals surface area contributed by atoms with Crippen molar-refractivity contribution in [2.75, 3.05) is 0 Å². The maximum atomic E-state index is 10.8. The van der Waals surface area contributed by atoms with Crippen LogP contribution < -0.4 is 0 Å². The lowest BCUT2D eigenvalue weighted by Gasteiger charge is -2.09. The normalized spacial score (nSPS) is 12.6. The number of phenols is 2. The third kappa shape index (κ3) is 2.61. The van der Waals surface area contributed by atoms with Crippen molar-refractivity contribution in [2.45, 2.75) is 9.79 Å². The Balaban J connectivity index is 3.93. The zero-order valence-electron chi connectivity index (χ0n) is 7.69. The van der Waals surface area contributed by atoms with Gasteiger partial charge in [-0.05, 0) is 0 Å². The van der Waals surface area contributed by atoms with Crippen molar-refractivity contribution in [1.82, 2.24) is 0 Å². The number of hydrogen-bond acceptors (Lipinski definition) is 6. The highest BCUT2D eigenvalue weighted by atomic mass is 35.5. The van der Waals surface area contributed by atoms with Crippen LogP contribution >= 0.6 is 11.6 Å². The molecule has 0 amide bonds. The maximum absolute atomic E-state index is 10.8. The molecule has 0 aliphatic carbocycles. The van der Waals surface area contributed by atoms with Gasteiger partial charge in [0.15, 0.2) is 16.4 Å². The summed E-state index contributed by atoms with van der Waals surface area (Å²) in [6, 6.07) is 0.335. The minimum Gasteiger partial charge on any atom is -0.504 e. The van der Waals surface area contributed by atoms with Crippen LogP contribution in [0.1, 0.15) is 0 Å². The molecule has 0 saturated heterocycles. The standard InChI is InChI=1S/C6H5ClO8S2/c7-4-3(16(10,11)12)1-2(8)5(9)6(4)17(13,14)15/h1,8-9H,(H,10,11,12)(H,13,14,15). The molecule has 0 atom stereocenters. The molecular weight excluding hydrogens is 300 g/mol. The molecule has 0 unspecified atom stereocenters. The first kappa shape index (κ1) is 14.0. The van der Waals surface area contributed by atoms with Crippen molar-refractivity contribution in [3.05, 3.63) is 11.1 Å². The Labute approximate surface area is 101 Å². The summed E-state index contributed by atoms with van der Waals surface area (Å²) < 4.78 is 60.7. The van der Waals surface area contributed by atoms with E-state index < -0.39 is 46.5 Å². The smallest absolute Gasteiger partial charge is 0.299 e. The van der Waals surface area contributed by atoms with E-state index in [9.17, 15) is 16.8 Å². The van der Waals surface area contributed by atoms with Crippen molar-refractivity contribution >= 4 is 31.8 Å². The first-order chi connectivity index (χ1) is 7.46. The zero-order valence-corrected chi connectivity index (χ0v) is 10.1. The third-order valence-electron chi connectivity index (χ3n) is 1.68.